The molecule has 2 atom stereocenters. The van der Waals surface area contributed by atoms with E-state index in [1.807, 2.05) is 12.1 Å². The lowest BCUT2D eigenvalue weighted by Gasteiger charge is -2.23. The second-order valence-corrected chi connectivity index (χ2v) is 5.85. The van der Waals surface area contributed by atoms with E-state index in [2.05, 4.69) is 5.32 Å². The third-order valence-electron chi connectivity index (χ3n) is 4.02. The van der Waals surface area contributed by atoms with Crippen LogP contribution in [0.5, 0.6) is 11.5 Å². The first-order valence-electron chi connectivity index (χ1n) is 8.24. The smallest absolute Gasteiger partial charge is 0.308 e. The van der Waals surface area contributed by atoms with Crippen molar-refractivity contribution in [2.45, 2.75) is 13.0 Å². The molecule has 1 amide bonds. The number of hydrogen-bond donors (Lipinski definition) is 2. The standard InChI is InChI=1S/C20H20N2O5/c1-13(20(24)25)19(15-6-4-3-5-7-15)22-18(23)12-27-16-9-8-14(11-21)10-17(16)26-2/h3-10,13,19H,12H2,1-2H3,(H,22,23)(H,24,25). The maximum Gasteiger partial charge on any atom is 0.308 e. The molecule has 0 radical (unpaired) electrons. The highest BCUT2D eigenvalue weighted by atomic mass is 16.5. The van der Waals surface area contributed by atoms with Crippen LogP contribution >= 0.6 is 0 Å². The van der Waals surface area contributed by atoms with Gasteiger partial charge in [0.1, 0.15) is 0 Å². The Balaban J connectivity index is 2.08. The fraction of sp³-hybridized carbons (Fsp3) is 0.250. The van der Waals surface area contributed by atoms with Crippen LogP contribution in [0.25, 0.3) is 0 Å². The molecule has 0 aliphatic carbocycles. The van der Waals surface area contributed by atoms with Crippen molar-refractivity contribution in [1.29, 1.82) is 5.26 Å². The Morgan fingerprint density at radius 2 is 1.89 bits per heavy atom. The van der Waals surface area contributed by atoms with E-state index in [0.29, 0.717) is 22.6 Å². The Bertz CT molecular complexity index is 845. The van der Waals surface area contributed by atoms with Crippen LogP contribution in [0.3, 0.4) is 0 Å². The normalized spacial score (nSPS) is 12.3. The number of carbonyl (C=O) groups excluding carboxylic acids is 1. The van der Waals surface area contributed by atoms with Crippen LogP contribution in [0, 0.1) is 17.2 Å². The molecule has 2 aromatic rings. The summed E-state index contributed by atoms with van der Waals surface area (Å²) in [6.07, 6.45) is 0. The number of ether oxygens (including phenoxy) is 2. The average Bonchev–Trinajstić information content (AvgIpc) is 2.70. The molecule has 0 saturated heterocycles. The molecular formula is C20H20N2O5. The summed E-state index contributed by atoms with van der Waals surface area (Å²) < 4.78 is 10.6. The Kier molecular flexibility index (Phi) is 6.78. The minimum absolute atomic E-state index is 0.314. The van der Waals surface area contributed by atoms with Gasteiger partial charge >= 0.3 is 5.97 Å². The molecule has 2 aromatic carbocycles. The molecule has 27 heavy (non-hydrogen) atoms. The van der Waals surface area contributed by atoms with Gasteiger partial charge in [0.2, 0.25) is 0 Å². The number of carboxylic acid groups (broad SMARTS) is 1. The van der Waals surface area contributed by atoms with Crippen molar-refractivity contribution < 1.29 is 24.2 Å². The van der Waals surface area contributed by atoms with Crippen molar-refractivity contribution in [1.82, 2.24) is 5.32 Å². The minimum Gasteiger partial charge on any atom is -0.493 e. The Labute approximate surface area is 157 Å². The van der Waals surface area contributed by atoms with Crippen LogP contribution in [0.1, 0.15) is 24.1 Å². The van der Waals surface area contributed by atoms with Crippen molar-refractivity contribution in [3.8, 4) is 17.6 Å². The molecule has 2 unspecified atom stereocenters. The van der Waals surface area contributed by atoms with Gasteiger partial charge in [-0.25, -0.2) is 0 Å². The number of carbonyl (C=O) groups is 2. The summed E-state index contributed by atoms with van der Waals surface area (Å²) in [4.78, 5) is 23.7. The predicted molar refractivity (Wildman–Crippen MR) is 97.3 cm³/mol. The van der Waals surface area contributed by atoms with Crippen molar-refractivity contribution in [3.63, 3.8) is 0 Å². The van der Waals surface area contributed by atoms with Gasteiger partial charge in [-0.05, 0) is 24.6 Å². The monoisotopic (exact) mass is 368 g/mol. The van der Waals surface area contributed by atoms with Gasteiger partial charge in [-0.1, -0.05) is 30.3 Å². The van der Waals surface area contributed by atoms with E-state index in [4.69, 9.17) is 14.7 Å². The first kappa shape index (κ1) is 19.8. The number of aliphatic carboxylic acids is 1. The molecule has 2 N–H and O–H groups in total. The van der Waals surface area contributed by atoms with Crippen LogP contribution < -0.4 is 14.8 Å². The molecule has 0 heterocycles. The zero-order valence-electron chi connectivity index (χ0n) is 15.0. The average molecular weight is 368 g/mol. The Morgan fingerprint density at radius 1 is 1.19 bits per heavy atom. The van der Waals surface area contributed by atoms with E-state index in [1.54, 1.807) is 36.4 Å². The Morgan fingerprint density at radius 3 is 2.48 bits per heavy atom. The van der Waals surface area contributed by atoms with Gasteiger partial charge in [0.05, 0.1) is 30.7 Å². The lowest BCUT2D eigenvalue weighted by atomic mass is 9.94. The number of hydrogen-bond acceptors (Lipinski definition) is 5. The zero-order valence-corrected chi connectivity index (χ0v) is 15.0. The fourth-order valence-corrected chi connectivity index (χ4v) is 2.51. The molecule has 0 aliphatic rings. The third kappa shape index (κ3) is 5.22. The second-order valence-electron chi connectivity index (χ2n) is 5.85. The summed E-state index contributed by atoms with van der Waals surface area (Å²) in [7, 11) is 1.43. The fourth-order valence-electron chi connectivity index (χ4n) is 2.51. The van der Waals surface area contributed by atoms with Crippen molar-refractivity contribution in [2.75, 3.05) is 13.7 Å². The summed E-state index contributed by atoms with van der Waals surface area (Å²) in [5.74, 6) is -1.66. The summed E-state index contributed by atoms with van der Waals surface area (Å²) in [6, 6.07) is 14.8. The number of rotatable bonds is 8. The van der Waals surface area contributed by atoms with Crippen molar-refractivity contribution >= 4 is 11.9 Å². The highest BCUT2D eigenvalue weighted by Crippen LogP contribution is 2.28. The van der Waals surface area contributed by atoms with E-state index < -0.39 is 23.8 Å². The lowest BCUT2D eigenvalue weighted by Crippen LogP contribution is -2.38. The summed E-state index contributed by atoms with van der Waals surface area (Å²) in [6.45, 7) is 1.21. The number of nitriles is 1. The van der Waals surface area contributed by atoms with E-state index in [1.165, 1.54) is 20.1 Å². The molecule has 0 fully saturated rings. The quantitative estimate of drug-likeness (QED) is 0.741. The highest BCUT2D eigenvalue weighted by molar-refractivity contribution is 5.79. The van der Waals surface area contributed by atoms with E-state index >= 15 is 0 Å². The van der Waals surface area contributed by atoms with Gasteiger partial charge < -0.3 is 19.9 Å². The van der Waals surface area contributed by atoms with E-state index in [9.17, 15) is 14.7 Å². The lowest BCUT2D eigenvalue weighted by molar-refractivity contribution is -0.142. The number of amides is 1. The van der Waals surface area contributed by atoms with Crippen LogP contribution in [-0.4, -0.2) is 30.7 Å². The van der Waals surface area contributed by atoms with E-state index in [0.717, 1.165) is 0 Å². The van der Waals surface area contributed by atoms with Gasteiger partial charge in [-0.15, -0.1) is 0 Å². The van der Waals surface area contributed by atoms with Crippen LogP contribution in [0.15, 0.2) is 48.5 Å². The number of benzene rings is 2. The number of carboxylic acids is 1. The van der Waals surface area contributed by atoms with Gasteiger partial charge in [0.15, 0.2) is 18.1 Å². The predicted octanol–water partition coefficient (Wildman–Crippen LogP) is 2.52. The SMILES string of the molecule is COc1cc(C#N)ccc1OCC(=O)NC(c1ccccc1)C(C)C(=O)O. The van der Waals surface area contributed by atoms with Crippen molar-refractivity contribution in [3.05, 3.63) is 59.7 Å². The second kappa shape index (κ2) is 9.25. The molecular weight excluding hydrogens is 348 g/mol. The highest BCUT2D eigenvalue weighted by Gasteiger charge is 2.26. The molecule has 7 nitrogen and oxygen atoms in total. The maximum atomic E-state index is 12.3. The summed E-state index contributed by atoms with van der Waals surface area (Å²) >= 11 is 0. The molecule has 0 bridgehead atoms. The Hall–Kier alpha value is -3.53. The minimum atomic E-state index is -1.01. The van der Waals surface area contributed by atoms with Gasteiger partial charge in [-0.3, -0.25) is 9.59 Å². The summed E-state index contributed by atoms with van der Waals surface area (Å²) in [5.41, 5.74) is 1.10. The molecule has 7 heteroatoms. The number of nitrogens with zero attached hydrogens (tertiary/aromatic N) is 1. The molecule has 140 valence electrons. The molecule has 0 aromatic heterocycles. The van der Waals surface area contributed by atoms with Gasteiger partial charge in [0.25, 0.3) is 5.91 Å². The molecule has 0 spiro atoms. The molecule has 2 rings (SSSR count). The molecule has 0 aliphatic heterocycles. The first-order chi connectivity index (χ1) is 13.0. The van der Waals surface area contributed by atoms with Gasteiger partial charge in [0, 0.05) is 6.07 Å². The zero-order chi connectivity index (χ0) is 19.8. The number of nitrogens with one attached hydrogen (secondary N) is 1. The van der Waals surface area contributed by atoms with Crippen molar-refractivity contribution in [2.24, 2.45) is 5.92 Å². The van der Waals surface area contributed by atoms with Crippen LogP contribution in [0.4, 0.5) is 0 Å². The maximum absolute atomic E-state index is 12.3. The third-order valence-corrected chi connectivity index (χ3v) is 4.02. The topological polar surface area (TPSA) is 109 Å². The van der Waals surface area contributed by atoms with Gasteiger partial charge in [-0.2, -0.15) is 5.26 Å². The number of methoxy groups -OCH3 is 1. The van der Waals surface area contributed by atoms with E-state index in [-0.39, 0.29) is 6.61 Å². The largest absolute Gasteiger partial charge is 0.493 e. The summed E-state index contributed by atoms with van der Waals surface area (Å²) in [5, 5.41) is 20.9. The van der Waals surface area contributed by atoms with Crippen LogP contribution in [-0.2, 0) is 9.59 Å². The first-order valence-corrected chi connectivity index (χ1v) is 8.24. The van der Waals surface area contributed by atoms with Crippen LogP contribution in [0.2, 0.25) is 0 Å². The molecule has 0 saturated carbocycles.